The Bertz CT molecular complexity index is 828. The highest BCUT2D eigenvalue weighted by Gasteiger charge is 2.39. The van der Waals surface area contributed by atoms with Gasteiger partial charge in [0, 0.05) is 25.2 Å². The Hall–Kier alpha value is -1.77. The molecule has 0 aromatic rings. The largest absolute Gasteiger partial charge is 0.463 e. The van der Waals surface area contributed by atoms with Crippen molar-refractivity contribution in [3.63, 3.8) is 0 Å². The number of ketones is 1. The first-order valence-electron chi connectivity index (χ1n) is 18.7. The average Bonchev–Trinajstić information content (AvgIpc) is 3.31. The molecule has 8 heteroatoms. The third-order valence-electron chi connectivity index (χ3n) is 9.45. The van der Waals surface area contributed by atoms with Gasteiger partial charge in [-0.15, -0.1) is 0 Å². The minimum absolute atomic E-state index is 0.0355. The number of aliphatic hydroxyl groups is 3. The van der Waals surface area contributed by atoms with E-state index < -0.39 is 18.3 Å². The van der Waals surface area contributed by atoms with Gasteiger partial charge in [-0.2, -0.15) is 0 Å². The second kappa shape index (κ2) is 27.2. The summed E-state index contributed by atoms with van der Waals surface area (Å²) in [5, 5.41) is 30.6. The zero-order valence-electron chi connectivity index (χ0n) is 29.5. The van der Waals surface area contributed by atoms with Crippen molar-refractivity contribution in [2.45, 2.75) is 180 Å². The lowest BCUT2D eigenvalue weighted by Gasteiger charge is -2.19. The van der Waals surface area contributed by atoms with Gasteiger partial charge in [0.15, 0.2) is 0 Å². The monoisotopic (exact) mass is 652 g/mol. The molecule has 8 nitrogen and oxygen atoms in total. The van der Waals surface area contributed by atoms with Crippen LogP contribution in [-0.4, -0.2) is 64.6 Å². The molecule has 0 aromatic carbocycles. The van der Waals surface area contributed by atoms with Gasteiger partial charge in [-0.25, -0.2) is 0 Å². The van der Waals surface area contributed by atoms with Crippen LogP contribution in [0.15, 0.2) is 12.2 Å². The van der Waals surface area contributed by atoms with Crippen molar-refractivity contribution in [3.05, 3.63) is 12.2 Å². The van der Waals surface area contributed by atoms with Crippen LogP contribution in [0.25, 0.3) is 0 Å². The highest BCUT2D eigenvalue weighted by Crippen LogP contribution is 2.34. The lowest BCUT2D eigenvalue weighted by Crippen LogP contribution is -2.25. The van der Waals surface area contributed by atoms with E-state index in [-0.39, 0.29) is 55.6 Å². The Morgan fingerprint density at radius 1 is 0.783 bits per heavy atom. The number of Topliss-reactive ketones (excluding diaryl/α,β-unsaturated/α-hetero) is 1. The van der Waals surface area contributed by atoms with E-state index in [0.717, 1.165) is 70.1 Å². The van der Waals surface area contributed by atoms with Crippen molar-refractivity contribution >= 4 is 17.7 Å². The third-order valence-corrected chi connectivity index (χ3v) is 9.45. The maximum Gasteiger partial charge on any atom is 0.305 e. The molecule has 0 radical (unpaired) electrons. The summed E-state index contributed by atoms with van der Waals surface area (Å²) in [6.45, 7) is 6.32. The number of esters is 2. The summed E-state index contributed by atoms with van der Waals surface area (Å²) in [5.41, 5.74) is 0. The van der Waals surface area contributed by atoms with Crippen molar-refractivity contribution in [2.75, 3.05) is 13.2 Å². The molecule has 6 atom stereocenters. The summed E-state index contributed by atoms with van der Waals surface area (Å²) in [6.07, 6.45) is 21.7. The summed E-state index contributed by atoms with van der Waals surface area (Å²) in [4.78, 5) is 36.4. The number of aliphatic hydroxyl groups excluding tert-OH is 3. The van der Waals surface area contributed by atoms with Crippen molar-refractivity contribution < 1.29 is 39.2 Å². The Balaban J connectivity index is 2.05. The predicted octanol–water partition coefficient (Wildman–Crippen LogP) is 7.78. The molecule has 0 aromatic heterocycles. The van der Waals surface area contributed by atoms with E-state index in [0.29, 0.717) is 19.3 Å². The van der Waals surface area contributed by atoms with Crippen molar-refractivity contribution in [1.29, 1.82) is 0 Å². The molecule has 0 bridgehead atoms. The van der Waals surface area contributed by atoms with Gasteiger partial charge in [-0.1, -0.05) is 129 Å². The van der Waals surface area contributed by atoms with Gasteiger partial charge in [0.25, 0.3) is 0 Å². The quantitative estimate of drug-likeness (QED) is 0.0424. The molecule has 0 aliphatic heterocycles. The molecule has 1 aliphatic rings. The number of unbranched alkanes of at least 4 members (excludes halogenated alkanes) is 12. The maximum atomic E-state index is 12.4. The molecular formula is C38H68O8. The minimum Gasteiger partial charge on any atom is -0.463 e. The number of hydrogen-bond donors (Lipinski definition) is 3. The van der Waals surface area contributed by atoms with E-state index >= 15 is 0 Å². The molecule has 0 heterocycles. The van der Waals surface area contributed by atoms with Gasteiger partial charge in [0.05, 0.1) is 12.2 Å². The van der Waals surface area contributed by atoms with Crippen LogP contribution in [0.5, 0.6) is 0 Å². The molecule has 0 spiro atoms. The van der Waals surface area contributed by atoms with Gasteiger partial charge < -0.3 is 24.8 Å². The Kier molecular flexibility index (Phi) is 25.0. The highest BCUT2D eigenvalue weighted by atomic mass is 16.6. The fraction of sp³-hybridized carbons (Fsp3) is 0.868. The van der Waals surface area contributed by atoms with Gasteiger partial charge in [0.2, 0.25) is 0 Å². The summed E-state index contributed by atoms with van der Waals surface area (Å²) in [6, 6.07) is 0. The van der Waals surface area contributed by atoms with Gasteiger partial charge >= 0.3 is 11.9 Å². The van der Waals surface area contributed by atoms with Crippen LogP contribution >= 0.6 is 0 Å². The van der Waals surface area contributed by atoms with Gasteiger partial charge in [0.1, 0.15) is 25.1 Å². The number of ether oxygens (including phenoxy) is 2. The summed E-state index contributed by atoms with van der Waals surface area (Å²) >= 11 is 0. The normalized spacial score (nSPS) is 20.2. The maximum absolute atomic E-state index is 12.4. The molecule has 1 fully saturated rings. The second-order valence-electron chi connectivity index (χ2n) is 13.7. The third kappa shape index (κ3) is 21.2. The van der Waals surface area contributed by atoms with Crippen LogP contribution in [0.1, 0.15) is 162 Å². The lowest BCUT2D eigenvalue weighted by molar-refractivity contribution is -0.152. The summed E-state index contributed by atoms with van der Waals surface area (Å²) in [7, 11) is 0. The van der Waals surface area contributed by atoms with E-state index in [1.165, 1.54) is 44.9 Å². The number of hydrogen-bond acceptors (Lipinski definition) is 8. The summed E-state index contributed by atoms with van der Waals surface area (Å²) < 4.78 is 10.3. The van der Waals surface area contributed by atoms with Crippen LogP contribution in [0.2, 0.25) is 0 Å². The average molecular weight is 653 g/mol. The number of carbonyl (C=O) groups excluding carboxylic acids is 3. The molecule has 1 saturated carbocycles. The smallest absolute Gasteiger partial charge is 0.305 e. The fourth-order valence-electron chi connectivity index (χ4n) is 6.14. The fourth-order valence-corrected chi connectivity index (χ4v) is 6.14. The molecule has 0 saturated heterocycles. The van der Waals surface area contributed by atoms with E-state index in [1.807, 2.05) is 0 Å². The highest BCUT2D eigenvalue weighted by molar-refractivity contribution is 5.86. The SMILES string of the molecule is CCCCC[C@H](O)/C=C/[C@H]1C(=O)C[C@H](O)[C@@H]1CCCCCCC(=O)OC[C@H](O)COC(=O)CCCCCCCCCCC(C)CC. The molecular weight excluding hydrogens is 584 g/mol. The van der Waals surface area contributed by atoms with Crippen molar-refractivity contribution in [2.24, 2.45) is 17.8 Å². The first kappa shape index (κ1) is 42.3. The first-order valence-corrected chi connectivity index (χ1v) is 18.7. The van der Waals surface area contributed by atoms with Crippen LogP contribution in [0.3, 0.4) is 0 Å². The van der Waals surface area contributed by atoms with Crippen molar-refractivity contribution in [1.82, 2.24) is 0 Å². The molecule has 46 heavy (non-hydrogen) atoms. The lowest BCUT2D eigenvalue weighted by atomic mass is 9.88. The number of rotatable bonds is 29. The Morgan fingerprint density at radius 2 is 1.30 bits per heavy atom. The standard InChI is InChI=1S/C38H68O8/c1-4-6-15-21-31(39)25-26-34-33(35(41)27-36(34)42)22-17-13-14-19-24-38(44)46-29-32(40)28-45-37(43)23-18-12-10-8-7-9-11-16-20-30(3)5-2/h25-26,30-35,39-41H,4-24,27-29H2,1-3H3/b26-25+/t30?,31-,32+,33+,34+,35-/m0/s1. The summed E-state index contributed by atoms with van der Waals surface area (Å²) in [5.74, 6) is -0.310. The van der Waals surface area contributed by atoms with Crippen LogP contribution in [0.4, 0.5) is 0 Å². The Morgan fingerprint density at radius 3 is 1.87 bits per heavy atom. The van der Waals surface area contributed by atoms with E-state index in [9.17, 15) is 29.7 Å². The van der Waals surface area contributed by atoms with E-state index in [4.69, 9.17) is 9.47 Å². The molecule has 1 unspecified atom stereocenters. The van der Waals surface area contributed by atoms with Gasteiger partial charge in [-0.05, 0) is 37.5 Å². The zero-order valence-corrected chi connectivity index (χ0v) is 29.5. The van der Waals surface area contributed by atoms with E-state index in [2.05, 4.69) is 20.8 Å². The number of allylic oxidation sites excluding steroid dienone is 1. The first-order chi connectivity index (χ1) is 22.2. The van der Waals surface area contributed by atoms with Crippen LogP contribution in [0, 0.1) is 17.8 Å². The second-order valence-corrected chi connectivity index (χ2v) is 13.7. The van der Waals surface area contributed by atoms with Crippen LogP contribution in [-0.2, 0) is 23.9 Å². The molecule has 0 amide bonds. The van der Waals surface area contributed by atoms with Crippen LogP contribution < -0.4 is 0 Å². The topological polar surface area (TPSA) is 130 Å². The van der Waals surface area contributed by atoms with E-state index in [1.54, 1.807) is 12.2 Å². The minimum atomic E-state index is -1.03. The molecule has 3 N–H and O–H groups in total. The van der Waals surface area contributed by atoms with Crippen molar-refractivity contribution in [3.8, 4) is 0 Å². The zero-order chi connectivity index (χ0) is 34.0. The molecule has 268 valence electrons. The molecule has 1 rings (SSSR count). The molecule has 1 aliphatic carbocycles. The Labute approximate surface area is 280 Å². The van der Waals surface area contributed by atoms with Gasteiger partial charge in [-0.3, -0.25) is 14.4 Å². The predicted molar refractivity (Wildman–Crippen MR) is 183 cm³/mol. The number of carbonyl (C=O) groups is 3.